The zero-order valence-electron chi connectivity index (χ0n) is 7.98. The summed E-state index contributed by atoms with van der Waals surface area (Å²) in [5, 5.41) is 11.1. The van der Waals surface area contributed by atoms with Gasteiger partial charge in [-0.05, 0) is 41.1 Å². The summed E-state index contributed by atoms with van der Waals surface area (Å²) in [5.74, 6) is 0.431. The van der Waals surface area contributed by atoms with Crippen molar-refractivity contribution in [2.75, 3.05) is 0 Å². The molecule has 0 saturated heterocycles. The fraction of sp³-hybridized carbons (Fsp3) is 0.222. The van der Waals surface area contributed by atoms with Crippen LogP contribution in [0.1, 0.15) is 11.4 Å². The lowest BCUT2D eigenvalue weighted by Gasteiger charge is -2.03. The van der Waals surface area contributed by atoms with E-state index in [1.807, 2.05) is 6.07 Å². The average Bonchev–Trinajstić information content (AvgIpc) is 2.50. The molecule has 0 radical (unpaired) electrons. The van der Waals surface area contributed by atoms with E-state index in [9.17, 15) is 4.39 Å². The third kappa shape index (κ3) is 2.38. The first-order valence-corrected chi connectivity index (χ1v) is 5.12. The zero-order valence-corrected chi connectivity index (χ0v) is 9.57. The number of aromatic nitrogens is 4. The SMILES string of the molecule is Cc1nnnn1Cc1cc(F)cc(Br)c1. The summed E-state index contributed by atoms with van der Waals surface area (Å²) in [5.41, 5.74) is 0.817. The second kappa shape index (κ2) is 4.06. The van der Waals surface area contributed by atoms with Crippen molar-refractivity contribution in [3.8, 4) is 0 Å². The van der Waals surface area contributed by atoms with E-state index in [0.29, 0.717) is 16.8 Å². The Labute approximate surface area is 94.2 Å². The quantitative estimate of drug-likeness (QED) is 0.838. The van der Waals surface area contributed by atoms with Gasteiger partial charge in [-0.25, -0.2) is 9.07 Å². The molecule has 0 saturated carbocycles. The van der Waals surface area contributed by atoms with Crippen LogP contribution in [0.5, 0.6) is 0 Å². The first-order chi connectivity index (χ1) is 7.15. The van der Waals surface area contributed by atoms with E-state index >= 15 is 0 Å². The van der Waals surface area contributed by atoms with Gasteiger partial charge >= 0.3 is 0 Å². The van der Waals surface area contributed by atoms with Crippen molar-refractivity contribution in [2.24, 2.45) is 0 Å². The number of halogens is 2. The molecule has 2 rings (SSSR count). The third-order valence-electron chi connectivity index (χ3n) is 1.97. The molecule has 0 spiro atoms. The van der Waals surface area contributed by atoms with E-state index in [0.717, 1.165) is 5.56 Å². The summed E-state index contributed by atoms with van der Waals surface area (Å²) in [6, 6.07) is 4.71. The maximum absolute atomic E-state index is 13.1. The second-order valence-corrected chi connectivity index (χ2v) is 4.08. The van der Waals surface area contributed by atoms with Crippen molar-refractivity contribution >= 4 is 15.9 Å². The highest BCUT2D eigenvalue weighted by Crippen LogP contribution is 2.15. The lowest BCUT2D eigenvalue weighted by atomic mass is 10.2. The minimum atomic E-state index is -0.273. The number of rotatable bonds is 2. The molecular weight excluding hydrogens is 263 g/mol. The summed E-state index contributed by atoms with van der Waals surface area (Å²) in [6.07, 6.45) is 0. The van der Waals surface area contributed by atoms with Crippen molar-refractivity contribution in [3.05, 3.63) is 39.9 Å². The topological polar surface area (TPSA) is 43.6 Å². The van der Waals surface area contributed by atoms with Crippen molar-refractivity contribution < 1.29 is 4.39 Å². The van der Waals surface area contributed by atoms with Crippen LogP contribution < -0.4 is 0 Å². The van der Waals surface area contributed by atoms with Crippen LogP contribution in [0.3, 0.4) is 0 Å². The molecule has 0 aliphatic carbocycles. The Balaban J connectivity index is 2.28. The highest BCUT2D eigenvalue weighted by molar-refractivity contribution is 9.10. The average molecular weight is 271 g/mol. The van der Waals surface area contributed by atoms with Gasteiger partial charge in [0, 0.05) is 4.47 Å². The van der Waals surface area contributed by atoms with Crippen molar-refractivity contribution in [2.45, 2.75) is 13.5 Å². The number of hydrogen-bond acceptors (Lipinski definition) is 3. The summed E-state index contributed by atoms with van der Waals surface area (Å²) in [4.78, 5) is 0. The monoisotopic (exact) mass is 270 g/mol. The normalized spacial score (nSPS) is 10.6. The highest BCUT2D eigenvalue weighted by atomic mass is 79.9. The first-order valence-electron chi connectivity index (χ1n) is 4.33. The molecule has 0 unspecified atom stereocenters. The summed E-state index contributed by atoms with van der Waals surface area (Å²) < 4.78 is 15.4. The summed E-state index contributed by atoms with van der Waals surface area (Å²) in [7, 11) is 0. The van der Waals surface area contributed by atoms with E-state index in [4.69, 9.17) is 0 Å². The van der Waals surface area contributed by atoms with Crippen molar-refractivity contribution in [1.29, 1.82) is 0 Å². The van der Waals surface area contributed by atoms with Gasteiger partial charge in [-0.2, -0.15) is 0 Å². The predicted octanol–water partition coefficient (Wildman–Crippen LogP) is 1.93. The van der Waals surface area contributed by atoms with E-state index in [1.54, 1.807) is 11.6 Å². The van der Waals surface area contributed by atoms with Gasteiger partial charge in [0.05, 0.1) is 6.54 Å². The minimum absolute atomic E-state index is 0.273. The Bertz CT molecular complexity index is 462. The number of tetrazole rings is 1. The number of benzene rings is 1. The molecule has 0 aliphatic rings. The largest absolute Gasteiger partial charge is 0.225 e. The van der Waals surface area contributed by atoms with Crippen LogP contribution in [0, 0.1) is 12.7 Å². The van der Waals surface area contributed by atoms with E-state index < -0.39 is 0 Å². The van der Waals surface area contributed by atoms with Crippen LogP contribution in [0.2, 0.25) is 0 Å². The lowest BCUT2D eigenvalue weighted by molar-refractivity contribution is 0.608. The lowest BCUT2D eigenvalue weighted by Crippen LogP contribution is -2.04. The molecule has 78 valence electrons. The van der Waals surface area contributed by atoms with Gasteiger partial charge in [-0.1, -0.05) is 15.9 Å². The minimum Gasteiger partial charge on any atom is -0.225 e. The zero-order chi connectivity index (χ0) is 10.8. The van der Waals surface area contributed by atoms with E-state index in [-0.39, 0.29) is 5.82 Å². The molecule has 6 heteroatoms. The first kappa shape index (κ1) is 10.2. The van der Waals surface area contributed by atoms with Crippen LogP contribution in [-0.4, -0.2) is 20.2 Å². The maximum atomic E-state index is 13.1. The Morgan fingerprint density at radius 1 is 1.40 bits per heavy atom. The standard InChI is InChI=1S/C9H8BrFN4/c1-6-12-13-14-15(6)5-7-2-8(10)4-9(11)3-7/h2-4H,5H2,1H3. The fourth-order valence-corrected chi connectivity index (χ4v) is 1.78. The number of hydrogen-bond donors (Lipinski definition) is 0. The van der Waals surface area contributed by atoms with Gasteiger partial charge in [-0.3, -0.25) is 0 Å². The van der Waals surface area contributed by atoms with Gasteiger partial charge in [0.1, 0.15) is 11.6 Å². The van der Waals surface area contributed by atoms with Gasteiger partial charge in [-0.15, -0.1) is 5.10 Å². The van der Waals surface area contributed by atoms with Crippen molar-refractivity contribution in [3.63, 3.8) is 0 Å². The van der Waals surface area contributed by atoms with Crippen LogP contribution in [0.4, 0.5) is 4.39 Å². The van der Waals surface area contributed by atoms with Gasteiger partial charge in [0.15, 0.2) is 0 Å². The van der Waals surface area contributed by atoms with Crippen LogP contribution in [0.25, 0.3) is 0 Å². The van der Waals surface area contributed by atoms with Crippen molar-refractivity contribution in [1.82, 2.24) is 20.2 Å². The second-order valence-electron chi connectivity index (χ2n) is 3.16. The highest BCUT2D eigenvalue weighted by Gasteiger charge is 2.03. The molecule has 1 aromatic carbocycles. The molecule has 0 amide bonds. The van der Waals surface area contributed by atoms with E-state index in [1.165, 1.54) is 12.1 Å². The molecule has 0 bridgehead atoms. The van der Waals surface area contributed by atoms with Crippen LogP contribution in [-0.2, 0) is 6.54 Å². The molecule has 2 aromatic rings. The molecule has 0 atom stereocenters. The Morgan fingerprint density at radius 2 is 2.20 bits per heavy atom. The molecule has 0 aliphatic heterocycles. The maximum Gasteiger partial charge on any atom is 0.148 e. The molecule has 1 heterocycles. The van der Waals surface area contributed by atoms with E-state index in [2.05, 4.69) is 31.5 Å². The van der Waals surface area contributed by atoms with Gasteiger partial charge in [0.25, 0.3) is 0 Å². The Hall–Kier alpha value is -1.30. The molecular formula is C9H8BrFN4. The molecule has 1 aromatic heterocycles. The summed E-state index contributed by atoms with van der Waals surface area (Å²) in [6.45, 7) is 2.27. The molecule has 4 nitrogen and oxygen atoms in total. The smallest absolute Gasteiger partial charge is 0.148 e. The fourth-order valence-electron chi connectivity index (χ4n) is 1.27. The summed E-state index contributed by atoms with van der Waals surface area (Å²) >= 11 is 3.23. The Morgan fingerprint density at radius 3 is 2.80 bits per heavy atom. The van der Waals surface area contributed by atoms with Gasteiger partial charge in [0.2, 0.25) is 0 Å². The molecule has 0 N–H and O–H groups in total. The van der Waals surface area contributed by atoms with Crippen LogP contribution >= 0.6 is 15.9 Å². The third-order valence-corrected chi connectivity index (χ3v) is 2.42. The number of aryl methyl sites for hydroxylation is 1. The molecule has 15 heavy (non-hydrogen) atoms. The predicted molar refractivity (Wildman–Crippen MR) is 55.8 cm³/mol. The molecule has 0 fully saturated rings. The van der Waals surface area contributed by atoms with Crippen LogP contribution in [0.15, 0.2) is 22.7 Å². The number of nitrogens with zero attached hydrogens (tertiary/aromatic N) is 4. The van der Waals surface area contributed by atoms with Gasteiger partial charge < -0.3 is 0 Å². The Kier molecular flexibility index (Phi) is 2.77.